The van der Waals surface area contributed by atoms with Gasteiger partial charge >= 0.3 is 0 Å². The second kappa shape index (κ2) is 6.89. The fraction of sp³-hybridized carbons (Fsp3) is 0.500. The van der Waals surface area contributed by atoms with E-state index in [0.717, 1.165) is 23.4 Å². The first-order valence-corrected chi connectivity index (χ1v) is 6.24. The molecule has 1 unspecified atom stereocenters. The van der Waals surface area contributed by atoms with Crippen molar-refractivity contribution in [1.29, 1.82) is 0 Å². The van der Waals surface area contributed by atoms with Crippen molar-refractivity contribution in [3.8, 4) is 5.75 Å². The summed E-state index contributed by atoms with van der Waals surface area (Å²) >= 11 is 0. The van der Waals surface area contributed by atoms with Crippen LogP contribution in [0.3, 0.4) is 0 Å². The van der Waals surface area contributed by atoms with Crippen molar-refractivity contribution in [3.05, 3.63) is 23.8 Å². The molecule has 0 spiro atoms. The maximum absolute atomic E-state index is 11.6. The van der Waals surface area contributed by atoms with Crippen LogP contribution in [0.4, 0.5) is 5.69 Å². The Bertz CT molecular complexity index is 405. The summed E-state index contributed by atoms with van der Waals surface area (Å²) in [6.45, 7) is 6.32. The van der Waals surface area contributed by atoms with Crippen molar-refractivity contribution in [1.82, 2.24) is 5.32 Å². The fourth-order valence-corrected chi connectivity index (χ4v) is 1.56. The molecule has 0 heterocycles. The lowest BCUT2D eigenvalue weighted by molar-refractivity contribution is -0.120. The SMILES string of the molecule is CCC(C)NC(=O)CNc1ccc(OC)cc1C. The molecule has 0 aromatic heterocycles. The van der Waals surface area contributed by atoms with Gasteiger partial charge in [0, 0.05) is 11.7 Å². The zero-order valence-corrected chi connectivity index (χ0v) is 11.5. The maximum atomic E-state index is 11.6. The van der Waals surface area contributed by atoms with Gasteiger partial charge in [0.2, 0.25) is 5.91 Å². The third-order valence-corrected chi connectivity index (χ3v) is 2.89. The number of rotatable bonds is 6. The number of ether oxygens (including phenoxy) is 1. The first-order valence-electron chi connectivity index (χ1n) is 6.24. The van der Waals surface area contributed by atoms with Crippen LogP contribution in [0.2, 0.25) is 0 Å². The molecular formula is C14H22N2O2. The third kappa shape index (κ3) is 4.28. The van der Waals surface area contributed by atoms with Gasteiger partial charge in [0.25, 0.3) is 0 Å². The predicted molar refractivity (Wildman–Crippen MR) is 74.1 cm³/mol. The number of aryl methyl sites for hydroxylation is 1. The topological polar surface area (TPSA) is 50.4 Å². The summed E-state index contributed by atoms with van der Waals surface area (Å²) in [4.78, 5) is 11.6. The Labute approximate surface area is 109 Å². The zero-order valence-electron chi connectivity index (χ0n) is 11.5. The maximum Gasteiger partial charge on any atom is 0.239 e. The van der Waals surface area contributed by atoms with Crippen LogP contribution < -0.4 is 15.4 Å². The lowest BCUT2D eigenvalue weighted by atomic mass is 10.2. The summed E-state index contributed by atoms with van der Waals surface area (Å²) in [6, 6.07) is 5.96. The number of carbonyl (C=O) groups excluding carboxylic acids is 1. The molecule has 1 atom stereocenters. The molecule has 0 aliphatic rings. The summed E-state index contributed by atoms with van der Waals surface area (Å²) in [5.74, 6) is 0.835. The Morgan fingerprint density at radius 2 is 2.17 bits per heavy atom. The van der Waals surface area contributed by atoms with Crippen LogP contribution >= 0.6 is 0 Å². The highest BCUT2D eigenvalue weighted by molar-refractivity contribution is 5.81. The third-order valence-electron chi connectivity index (χ3n) is 2.89. The number of carbonyl (C=O) groups is 1. The van der Waals surface area contributed by atoms with Gasteiger partial charge in [-0.1, -0.05) is 6.92 Å². The Morgan fingerprint density at radius 3 is 2.72 bits per heavy atom. The Kier molecular flexibility index (Phi) is 5.49. The van der Waals surface area contributed by atoms with Crippen LogP contribution in [-0.4, -0.2) is 25.6 Å². The molecule has 0 bridgehead atoms. The molecule has 4 heteroatoms. The molecule has 1 rings (SSSR count). The van der Waals surface area contributed by atoms with Gasteiger partial charge in [-0.25, -0.2) is 0 Å². The molecule has 18 heavy (non-hydrogen) atoms. The molecule has 0 aliphatic heterocycles. The molecule has 0 fully saturated rings. The van der Waals surface area contributed by atoms with Gasteiger partial charge in [0.15, 0.2) is 0 Å². The monoisotopic (exact) mass is 250 g/mol. The molecule has 4 nitrogen and oxygen atoms in total. The van der Waals surface area contributed by atoms with Crippen molar-refractivity contribution in [2.45, 2.75) is 33.2 Å². The van der Waals surface area contributed by atoms with Crippen molar-refractivity contribution in [2.24, 2.45) is 0 Å². The number of nitrogens with one attached hydrogen (secondary N) is 2. The number of methoxy groups -OCH3 is 1. The van der Waals surface area contributed by atoms with E-state index >= 15 is 0 Å². The fourth-order valence-electron chi connectivity index (χ4n) is 1.56. The molecular weight excluding hydrogens is 228 g/mol. The molecule has 100 valence electrons. The van der Waals surface area contributed by atoms with E-state index in [-0.39, 0.29) is 18.5 Å². The standard InChI is InChI=1S/C14H22N2O2/c1-5-11(3)16-14(17)9-15-13-7-6-12(18-4)8-10(13)2/h6-8,11,15H,5,9H2,1-4H3,(H,16,17). The van der Waals surface area contributed by atoms with Gasteiger partial charge in [-0.05, 0) is 44.0 Å². The second-order valence-corrected chi connectivity index (χ2v) is 4.41. The highest BCUT2D eigenvalue weighted by atomic mass is 16.5. The molecule has 0 radical (unpaired) electrons. The summed E-state index contributed by atoms with van der Waals surface area (Å²) < 4.78 is 5.14. The summed E-state index contributed by atoms with van der Waals surface area (Å²) in [7, 11) is 1.64. The molecule has 0 saturated heterocycles. The van der Waals surface area contributed by atoms with E-state index in [1.165, 1.54) is 0 Å². The van der Waals surface area contributed by atoms with E-state index in [4.69, 9.17) is 4.74 Å². The Balaban J connectivity index is 2.51. The Morgan fingerprint density at radius 1 is 1.44 bits per heavy atom. The zero-order chi connectivity index (χ0) is 13.5. The first-order chi connectivity index (χ1) is 8.56. The van der Waals surface area contributed by atoms with E-state index in [1.807, 2.05) is 39.0 Å². The lowest BCUT2D eigenvalue weighted by Crippen LogP contribution is -2.36. The van der Waals surface area contributed by atoms with Crippen molar-refractivity contribution in [3.63, 3.8) is 0 Å². The van der Waals surface area contributed by atoms with E-state index in [9.17, 15) is 4.79 Å². The largest absolute Gasteiger partial charge is 0.497 e. The van der Waals surface area contributed by atoms with Crippen LogP contribution in [-0.2, 0) is 4.79 Å². The van der Waals surface area contributed by atoms with Crippen molar-refractivity contribution in [2.75, 3.05) is 19.0 Å². The molecule has 1 aromatic rings. The number of hydrogen-bond acceptors (Lipinski definition) is 3. The van der Waals surface area contributed by atoms with Gasteiger partial charge in [0.05, 0.1) is 13.7 Å². The molecule has 1 aromatic carbocycles. The summed E-state index contributed by atoms with van der Waals surface area (Å²) in [5.41, 5.74) is 2.01. The smallest absolute Gasteiger partial charge is 0.239 e. The average molecular weight is 250 g/mol. The quantitative estimate of drug-likeness (QED) is 0.814. The van der Waals surface area contributed by atoms with Gasteiger partial charge < -0.3 is 15.4 Å². The van der Waals surface area contributed by atoms with Crippen LogP contribution in [0, 0.1) is 6.92 Å². The average Bonchev–Trinajstić information content (AvgIpc) is 2.36. The minimum Gasteiger partial charge on any atom is -0.497 e. The van der Waals surface area contributed by atoms with Crippen LogP contribution in [0.1, 0.15) is 25.8 Å². The number of benzene rings is 1. The summed E-state index contributed by atoms with van der Waals surface area (Å²) in [6.07, 6.45) is 0.938. The Hall–Kier alpha value is -1.71. The minimum atomic E-state index is 0.0135. The number of anilines is 1. The van der Waals surface area contributed by atoms with Gasteiger partial charge in [0.1, 0.15) is 5.75 Å². The first kappa shape index (κ1) is 14.4. The molecule has 0 saturated carbocycles. The van der Waals surface area contributed by atoms with E-state index < -0.39 is 0 Å². The molecule has 1 amide bonds. The van der Waals surface area contributed by atoms with Crippen molar-refractivity contribution < 1.29 is 9.53 Å². The highest BCUT2D eigenvalue weighted by Gasteiger charge is 2.06. The minimum absolute atomic E-state index is 0.0135. The number of hydrogen-bond donors (Lipinski definition) is 2. The van der Waals surface area contributed by atoms with Crippen LogP contribution in [0.25, 0.3) is 0 Å². The normalized spacial score (nSPS) is 11.8. The van der Waals surface area contributed by atoms with E-state index in [1.54, 1.807) is 7.11 Å². The second-order valence-electron chi connectivity index (χ2n) is 4.41. The van der Waals surface area contributed by atoms with Gasteiger partial charge in [-0.15, -0.1) is 0 Å². The van der Waals surface area contributed by atoms with E-state index in [2.05, 4.69) is 10.6 Å². The highest BCUT2D eigenvalue weighted by Crippen LogP contribution is 2.20. The van der Waals surface area contributed by atoms with E-state index in [0.29, 0.717) is 0 Å². The van der Waals surface area contributed by atoms with Crippen LogP contribution in [0.5, 0.6) is 5.75 Å². The van der Waals surface area contributed by atoms with Gasteiger partial charge in [-0.3, -0.25) is 4.79 Å². The lowest BCUT2D eigenvalue weighted by Gasteiger charge is -2.14. The van der Waals surface area contributed by atoms with Crippen molar-refractivity contribution >= 4 is 11.6 Å². The van der Waals surface area contributed by atoms with Crippen LogP contribution in [0.15, 0.2) is 18.2 Å². The van der Waals surface area contributed by atoms with Gasteiger partial charge in [-0.2, -0.15) is 0 Å². The molecule has 2 N–H and O–H groups in total. The predicted octanol–water partition coefficient (Wildman–Crippen LogP) is 2.33. The molecule has 0 aliphatic carbocycles. The summed E-state index contributed by atoms with van der Waals surface area (Å²) in [5, 5.41) is 6.04. The number of amides is 1.